The molecule has 0 bridgehead atoms. The van der Waals surface area contributed by atoms with Gasteiger partial charge in [-0.15, -0.1) is 0 Å². The van der Waals surface area contributed by atoms with Crippen LogP contribution in [-0.4, -0.2) is 23.9 Å². The van der Waals surface area contributed by atoms with E-state index >= 15 is 0 Å². The van der Waals surface area contributed by atoms with Gasteiger partial charge in [0.2, 0.25) is 5.91 Å². The molecule has 112 valence electrons. The van der Waals surface area contributed by atoms with Crippen LogP contribution in [0.1, 0.15) is 48.0 Å². The molecule has 1 aromatic rings. The van der Waals surface area contributed by atoms with Gasteiger partial charge in [0.05, 0.1) is 6.42 Å². The fourth-order valence-corrected chi connectivity index (χ4v) is 3.14. The molecule has 1 fully saturated rings. The number of carbonyl (C=O) groups excluding carboxylic acids is 2. The van der Waals surface area contributed by atoms with Gasteiger partial charge in [0.25, 0.3) is 5.91 Å². The number of hydrogen-bond donors (Lipinski definition) is 3. The molecule has 1 aliphatic carbocycles. The molecule has 2 atom stereocenters. The van der Waals surface area contributed by atoms with Crippen molar-refractivity contribution in [2.75, 3.05) is 5.32 Å². The van der Waals surface area contributed by atoms with Crippen molar-refractivity contribution in [2.24, 2.45) is 5.73 Å². The molecule has 5 heteroatoms. The third-order valence-electron chi connectivity index (χ3n) is 4.38. The third-order valence-corrected chi connectivity index (χ3v) is 4.38. The molecule has 21 heavy (non-hydrogen) atoms. The van der Waals surface area contributed by atoms with Crippen molar-refractivity contribution < 1.29 is 9.59 Å². The van der Waals surface area contributed by atoms with Crippen LogP contribution in [0.2, 0.25) is 0 Å². The van der Waals surface area contributed by atoms with Crippen LogP contribution in [0.3, 0.4) is 0 Å². The van der Waals surface area contributed by atoms with E-state index in [0.717, 1.165) is 36.9 Å². The van der Waals surface area contributed by atoms with Crippen molar-refractivity contribution in [1.82, 2.24) is 5.32 Å². The highest BCUT2D eigenvalue weighted by Crippen LogP contribution is 2.24. The van der Waals surface area contributed by atoms with Crippen LogP contribution in [-0.2, 0) is 11.2 Å². The van der Waals surface area contributed by atoms with E-state index in [-0.39, 0.29) is 23.9 Å². The molecule has 2 unspecified atom stereocenters. The number of carbonyl (C=O) groups is 2. The highest BCUT2D eigenvalue weighted by molar-refractivity contribution is 6.01. The lowest BCUT2D eigenvalue weighted by atomic mass is 10.0. The second-order valence-electron chi connectivity index (χ2n) is 5.98. The summed E-state index contributed by atoms with van der Waals surface area (Å²) in [5.74, 6) is -0.118. The Kier molecular flexibility index (Phi) is 3.92. The van der Waals surface area contributed by atoms with E-state index in [2.05, 4.69) is 10.6 Å². The van der Waals surface area contributed by atoms with Crippen LogP contribution in [0, 0.1) is 0 Å². The Balaban J connectivity index is 1.71. The molecule has 0 saturated heterocycles. The summed E-state index contributed by atoms with van der Waals surface area (Å²) < 4.78 is 0. The van der Waals surface area contributed by atoms with Crippen molar-refractivity contribution in [3.8, 4) is 0 Å². The van der Waals surface area contributed by atoms with Crippen LogP contribution in [0.15, 0.2) is 18.2 Å². The first-order valence-electron chi connectivity index (χ1n) is 7.63. The summed E-state index contributed by atoms with van der Waals surface area (Å²) in [5.41, 5.74) is 8.44. The number of benzene rings is 1. The lowest BCUT2D eigenvalue weighted by Gasteiger charge is -2.22. The summed E-state index contributed by atoms with van der Waals surface area (Å²) in [6, 6.07) is 5.43. The number of nitrogens with two attached hydrogens (primary N) is 1. The average molecular weight is 287 g/mol. The van der Waals surface area contributed by atoms with E-state index in [0.29, 0.717) is 12.0 Å². The monoisotopic (exact) mass is 287 g/mol. The average Bonchev–Trinajstić information content (AvgIpc) is 2.72. The van der Waals surface area contributed by atoms with Crippen molar-refractivity contribution in [3.05, 3.63) is 29.3 Å². The van der Waals surface area contributed by atoms with Gasteiger partial charge in [0.15, 0.2) is 0 Å². The molecule has 1 aromatic carbocycles. The number of rotatable bonds is 2. The Morgan fingerprint density at radius 1 is 1.24 bits per heavy atom. The topological polar surface area (TPSA) is 84.2 Å². The van der Waals surface area contributed by atoms with Crippen LogP contribution >= 0.6 is 0 Å². The van der Waals surface area contributed by atoms with Crippen LogP contribution in [0.25, 0.3) is 0 Å². The molecule has 2 amide bonds. The Morgan fingerprint density at radius 3 is 2.90 bits per heavy atom. The highest BCUT2D eigenvalue weighted by atomic mass is 16.2. The van der Waals surface area contributed by atoms with Crippen molar-refractivity contribution >= 4 is 17.5 Å². The molecule has 1 heterocycles. The maximum Gasteiger partial charge on any atom is 0.251 e. The molecule has 3 rings (SSSR count). The Morgan fingerprint density at radius 2 is 2.05 bits per heavy atom. The molecule has 4 N–H and O–H groups in total. The van der Waals surface area contributed by atoms with Gasteiger partial charge in [-0.3, -0.25) is 9.59 Å². The van der Waals surface area contributed by atoms with Gasteiger partial charge < -0.3 is 16.4 Å². The Hall–Kier alpha value is -1.88. The van der Waals surface area contributed by atoms with E-state index in [1.165, 1.54) is 6.42 Å². The summed E-state index contributed by atoms with van der Waals surface area (Å²) in [6.07, 6.45) is 5.69. The Labute approximate surface area is 124 Å². The van der Waals surface area contributed by atoms with Crippen molar-refractivity contribution in [3.63, 3.8) is 0 Å². The zero-order valence-electron chi connectivity index (χ0n) is 12.0. The number of amides is 2. The molecule has 1 saturated carbocycles. The predicted octanol–water partition coefficient (Wildman–Crippen LogP) is 1.57. The van der Waals surface area contributed by atoms with Crippen LogP contribution < -0.4 is 16.4 Å². The smallest absolute Gasteiger partial charge is 0.251 e. The molecule has 1 aliphatic heterocycles. The SMILES string of the molecule is NC1CCCCCC1NC(=O)c1ccc2c(c1)CC(=O)N2. The highest BCUT2D eigenvalue weighted by Gasteiger charge is 2.24. The first kappa shape index (κ1) is 14.1. The van der Waals surface area contributed by atoms with Gasteiger partial charge in [-0.25, -0.2) is 0 Å². The zero-order valence-corrected chi connectivity index (χ0v) is 12.0. The molecule has 5 nitrogen and oxygen atoms in total. The van der Waals surface area contributed by atoms with Gasteiger partial charge in [0.1, 0.15) is 0 Å². The predicted molar refractivity (Wildman–Crippen MR) is 81.1 cm³/mol. The van der Waals surface area contributed by atoms with Gasteiger partial charge >= 0.3 is 0 Å². The van der Waals surface area contributed by atoms with Crippen LogP contribution in [0.5, 0.6) is 0 Å². The lowest BCUT2D eigenvalue weighted by molar-refractivity contribution is -0.115. The normalized spacial score (nSPS) is 24.9. The van der Waals surface area contributed by atoms with E-state index in [4.69, 9.17) is 5.73 Å². The quantitative estimate of drug-likeness (QED) is 0.722. The minimum atomic E-state index is -0.0977. The van der Waals surface area contributed by atoms with Crippen molar-refractivity contribution in [1.29, 1.82) is 0 Å². The first-order chi connectivity index (χ1) is 10.1. The fraction of sp³-hybridized carbons (Fsp3) is 0.500. The molecule has 0 aromatic heterocycles. The van der Waals surface area contributed by atoms with Crippen molar-refractivity contribution in [2.45, 2.75) is 50.6 Å². The lowest BCUT2D eigenvalue weighted by Crippen LogP contribution is -2.46. The number of hydrogen-bond acceptors (Lipinski definition) is 3. The minimum absolute atomic E-state index is 0.0200. The van der Waals surface area contributed by atoms with E-state index < -0.39 is 0 Å². The standard InChI is InChI=1S/C16H21N3O2/c17-12-4-2-1-3-5-14(12)19-16(21)10-6-7-13-11(8-10)9-15(20)18-13/h6-8,12,14H,1-5,9,17H2,(H,18,20)(H,19,21). The second-order valence-corrected chi connectivity index (χ2v) is 5.98. The molecule has 0 radical (unpaired) electrons. The first-order valence-corrected chi connectivity index (χ1v) is 7.63. The molecular formula is C16H21N3O2. The van der Waals surface area contributed by atoms with Gasteiger partial charge in [-0.05, 0) is 36.6 Å². The summed E-state index contributed by atoms with van der Waals surface area (Å²) in [6.45, 7) is 0. The summed E-state index contributed by atoms with van der Waals surface area (Å²) in [4.78, 5) is 23.7. The van der Waals surface area contributed by atoms with E-state index in [1.54, 1.807) is 18.2 Å². The summed E-state index contributed by atoms with van der Waals surface area (Å²) in [5, 5.41) is 5.83. The second kappa shape index (κ2) is 5.85. The van der Waals surface area contributed by atoms with E-state index in [1.807, 2.05) is 0 Å². The van der Waals surface area contributed by atoms with Gasteiger partial charge in [-0.1, -0.05) is 19.3 Å². The minimum Gasteiger partial charge on any atom is -0.348 e. The number of anilines is 1. The molecular weight excluding hydrogens is 266 g/mol. The summed E-state index contributed by atoms with van der Waals surface area (Å²) >= 11 is 0. The van der Waals surface area contributed by atoms with Crippen LogP contribution in [0.4, 0.5) is 5.69 Å². The number of nitrogens with one attached hydrogen (secondary N) is 2. The van der Waals surface area contributed by atoms with E-state index in [9.17, 15) is 9.59 Å². The number of fused-ring (bicyclic) bond motifs is 1. The molecule has 0 spiro atoms. The maximum atomic E-state index is 12.4. The summed E-state index contributed by atoms with van der Waals surface area (Å²) in [7, 11) is 0. The molecule has 2 aliphatic rings. The largest absolute Gasteiger partial charge is 0.348 e. The van der Waals surface area contributed by atoms with Gasteiger partial charge in [-0.2, -0.15) is 0 Å². The fourth-order valence-electron chi connectivity index (χ4n) is 3.14. The Bertz CT molecular complexity index is 571. The third kappa shape index (κ3) is 3.08. The zero-order chi connectivity index (χ0) is 14.8. The van der Waals surface area contributed by atoms with Gasteiger partial charge in [0, 0.05) is 23.3 Å². The maximum absolute atomic E-state index is 12.4.